The minimum atomic E-state index is 0.361. The lowest BCUT2D eigenvalue weighted by molar-refractivity contribution is 0.557. The maximum atomic E-state index is 5.23. The molecule has 0 aliphatic rings. The third-order valence-corrected chi connectivity index (χ3v) is 2.40. The van der Waals surface area contributed by atoms with Gasteiger partial charge in [0.05, 0.1) is 6.20 Å². The molecule has 1 aromatic heterocycles. The number of rotatable bonds is 4. The first-order valence-electron chi connectivity index (χ1n) is 4.79. The number of hydrogen-bond donors (Lipinski definition) is 1. The predicted octanol–water partition coefficient (Wildman–Crippen LogP) is 1.23. The summed E-state index contributed by atoms with van der Waals surface area (Å²) >= 11 is 0. The standard InChI is InChI=1S/C11H17N3/c1-5-6-9(2)12-7-11-8-13-14(4)10(11)3/h1,8-9,12H,6-7H2,2-4H3. The van der Waals surface area contributed by atoms with Gasteiger partial charge in [0.25, 0.3) is 0 Å². The van der Waals surface area contributed by atoms with Gasteiger partial charge < -0.3 is 5.32 Å². The van der Waals surface area contributed by atoms with Crippen LogP contribution in [-0.2, 0) is 13.6 Å². The summed E-state index contributed by atoms with van der Waals surface area (Å²) in [7, 11) is 1.95. The molecule has 0 aliphatic heterocycles. The van der Waals surface area contributed by atoms with Crippen molar-refractivity contribution in [3.63, 3.8) is 0 Å². The zero-order valence-electron chi connectivity index (χ0n) is 9.04. The van der Waals surface area contributed by atoms with Gasteiger partial charge in [-0.25, -0.2) is 0 Å². The van der Waals surface area contributed by atoms with E-state index in [1.54, 1.807) is 0 Å². The molecular formula is C11H17N3. The first kappa shape index (κ1) is 10.8. The molecule has 0 spiro atoms. The average Bonchev–Trinajstić information content (AvgIpc) is 2.46. The Kier molecular flexibility index (Phi) is 3.73. The van der Waals surface area contributed by atoms with E-state index in [-0.39, 0.29) is 0 Å². The van der Waals surface area contributed by atoms with Crippen LogP contribution in [0.3, 0.4) is 0 Å². The van der Waals surface area contributed by atoms with E-state index in [4.69, 9.17) is 6.42 Å². The van der Waals surface area contributed by atoms with Crippen molar-refractivity contribution in [3.05, 3.63) is 17.5 Å². The van der Waals surface area contributed by atoms with Crippen LogP contribution in [0.4, 0.5) is 0 Å². The van der Waals surface area contributed by atoms with Crippen LogP contribution < -0.4 is 5.32 Å². The Bertz CT molecular complexity index is 333. The molecule has 1 N–H and O–H groups in total. The molecule has 1 unspecified atom stereocenters. The molecule has 3 nitrogen and oxygen atoms in total. The quantitative estimate of drug-likeness (QED) is 0.725. The van der Waals surface area contributed by atoms with E-state index in [0.29, 0.717) is 6.04 Å². The van der Waals surface area contributed by atoms with E-state index < -0.39 is 0 Å². The molecule has 1 atom stereocenters. The highest BCUT2D eigenvalue weighted by atomic mass is 15.3. The van der Waals surface area contributed by atoms with Gasteiger partial charge in [-0.3, -0.25) is 4.68 Å². The Labute approximate surface area is 85.5 Å². The topological polar surface area (TPSA) is 29.9 Å². The molecule has 1 heterocycles. The van der Waals surface area contributed by atoms with Crippen molar-refractivity contribution in [1.82, 2.24) is 15.1 Å². The molecule has 0 amide bonds. The summed E-state index contributed by atoms with van der Waals surface area (Å²) in [5.74, 6) is 2.64. The van der Waals surface area contributed by atoms with Gasteiger partial charge >= 0.3 is 0 Å². The van der Waals surface area contributed by atoms with Crippen molar-refractivity contribution in [2.24, 2.45) is 7.05 Å². The van der Waals surface area contributed by atoms with E-state index in [1.807, 2.05) is 17.9 Å². The number of aryl methyl sites for hydroxylation is 1. The third-order valence-electron chi connectivity index (χ3n) is 2.40. The van der Waals surface area contributed by atoms with E-state index in [2.05, 4.69) is 30.2 Å². The van der Waals surface area contributed by atoms with Crippen LogP contribution >= 0.6 is 0 Å². The molecule has 0 saturated carbocycles. The summed E-state index contributed by atoms with van der Waals surface area (Å²) < 4.78 is 1.88. The molecule has 0 aromatic carbocycles. The van der Waals surface area contributed by atoms with Crippen molar-refractivity contribution in [3.8, 4) is 12.3 Å². The van der Waals surface area contributed by atoms with Gasteiger partial charge in [-0.15, -0.1) is 12.3 Å². The smallest absolute Gasteiger partial charge is 0.0537 e. The van der Waals surface area contributed by atoms with Crippen LogP contribution in [0.5, 0.6) is 0 Å². The summed E-state index contributed by atoms with van der Waals surface area (Å²) in [6.45, 7) is 4.99. The largest absolute Gasteiger partial charge is 0.309 e. The van der Waals surface area contributed by atoms with Gasteiger partial charge in [0, 0.05) is 37.3 Å². The Hall–Kier alpha value is -1.27. The molecular weight excluding hydrogens is 174 g/mol. The van der Waals surface area contributed by atoms with Crippen molar-refractivity contribution in [2.75, 3.05) is 0 Å². The molecule has 0 aliphatic carbocycles. The molecule has 0 bridgehead atoms. The number of nitrogens with one attached hydrogen (secondary N) is 1. The van der Waals surface area contributed by atoms with Gasteiger partial charge in [0.1, 0.15) is 0 Å². The maximum absolute atomic E-state index is 5.23. The Balaban J connectivity index is 2.46. The van der Waals surface area contributed by atoms with Gasteiger partial charge in [0.2, 0.25) is 0 Å². The first-order valence-corrected chi connectivity index (χ1v) is 4.79. The highest BCUT2D eigenvalue weighted by Gasteiger charge is 2.04. The Morgan fingerprint density at radius 3 is 2.93 bits per heavy atom. The van der Waals surface area contributed by atoms with Crippen LogP contribution in [0.1, 0.15) is 24.6 Å². The summed E-state index contributed by atoms with van der Waals surface area (Å²) in [5.41, 5.74) is 2.43. The van der Waals surface area contributed by atoms with Crippen molar-refractivity contribution in [1.29, 1.82) is 0 Å². The van der Waals surface area contributed by atoms with E-state index in [1.165, 1.54) is 11.3 Å². The number of terminal acetylenes is 1. The van der Waals surface area contributed by atoms with Gasteiger partial charge in [-0.2, -0.15) is 5.10 Å². The van der Waals surface area contributed by atoms with Crippen LogP contribution in [0.2, 0.25) is 0 Å². The monoisotopic (exact) mass is 191 g/mol. The molecule has 76 valence electrons. The predicted molar refractivity (Wildman–Crippen MR) is 57.7 cm³/mol. The van der Waals surface area contributed by atoms with E-state index >= 15 is 0 Å². The van der Waals surface area contributed by atoms with Crippen LogP contribution in [-0.4, -0.2) is 15.8 Å². The lowest BCUT2D eigenvalue weighted by Gasteiger charge is -2.09. The van der Waals surface area contributed by atoms with Crippen molar-refractivity contribution < 1.29 is 0 Å². The third kappa shape index (κ3) is 2.61. The Morgan fingerprint density at radius 2 is 2.43 bits per heavy atom. The van der Waals surface area contributed by atoms with Gasteiger partial charge in [-0.05, 0) is 13.8 Å². The minimum absolute atomic E-state index is 0.361. The fourth-order valence-corrected chi connectivity index (χ4v) is 1.25. The molecule has 0 fully saturated rings. The van der Waals surface area contributed by atoms with Gasteiger partial charge in [-0.1, -0.05) is 0 Å². The molecule has 14 heavy (non-hydrogen) atoms. The van der Waals surface area contributed by atoms with E-state index in [0.717, 1.165) is 13.0 Å². The lowest BCUT2D eigenvalue weighted by Crippen LogP contribution is -2.25. The molecule has 3 heteroatoms. The highest BCUT2D eigenvalue weighted by Crippen LogP contribution is 2.05. The SMILES string of the molecule is C#CCC(C)NCc1cnn(C)c1C. The summed E-state index contributed by atoms with van der Waals surface area (Å²) in [6, 6.07) is 0.361. The lowest BCUT2D eigenvalue weighted by atomic mass is 10.2. The van der Waals surface area contributed by atoms with E-state index in [9.17, 15) is 0 Å². The summed E-state index contributed by atoms with van der Waals surface area (Å²) in [6.07, 6.45) is 7.88. The fraction of sp³-hybridized carbons (Fsp3) is 0.545. The maximum Gasteiger partial charge on any atom is 0.0537 e. The van der Waals surface area contributed by atoms with Crippen LogP contribution in [0.25, 0.3) is 0 Å². The van der Waals surface area contributed by atoms with Crippen molar-refractivity contribution in [2.45, 2.75) is 32.9 Å². The summed E-state index contributed by atoms with van der Waals surface area (Å²) in [4.78, 5) is 0. The fourth-order valence-electron chi connectivity index (χ4n) is 1.25. The average molecular weight is 191 g/mol. The molecule has 0 saturated heterocycles. The molecule has 1 aromatic rings. The highest BCUT2D eigenvalue weighted by molar-refractivity contribution is 5.15. The second-order valence-corrected chi connectivity index (χ2v) is 3.57. The Morgan fingerprint density at radius 1 is 1.71 bits per heavy atom. The first-order chi connectivity index (χ1) is 6.65. The van der Waals surface area contributed by atoms with Crippen molar-refractivity contribution >= 4 is 0 Å². The van der Waals surface area contributed by atoms with Crippen LogP contribution in [0, 0.1) is 19.3 Å². The number of nitrogens with zero attached hydrogens (tertiary/aromatic N) is 2. The molecule has 0 radical (unpaired) electrons. The number of aromatic nitrogens is 2. The van der Waals surface area contributed by atoms with Gasteiger partial charge in [0.15, 0.2) is 0 Å². The zero-order valence-corrected chi connectivity index (χ0v) is 9.04. The number of hydrogen-bond acceptors (Lipinski definition) is 2. The normalized spacial score (nSPS) is 12.4. The molecule has 1 rings (SSSR count). The summed E-state index contributed by atoms with van der Waals surface area (Å²) in [5, 5.41) is 7.53. The van der Waals surface area contributed by atoms with Crippen LogP contribution in [0.15, 0.2) is 6.20 Å². The zero-order chi connectivity index (χ0) is 10.6. The minimum Gasteiger partial charge on any atom is -0.309 e. The second-order valence-electron chi connectivity index (χ2n) is 3.57. The second kappa shape index (κ2) is 4.83.